The van der Waals surface area contributed by atoms with Gasteiger partial charge in [0.2, 0.25) is 0 Å². The number of rotatable bonds is 2. The standard InChI is InChI=1S/C11H10N2O2S.C2H4O2/c1-15-8-4-2-7(3-5-8)6-9-10(14)13-11(12)16-9;1-2(3)4/h2-6H,1H3,(H2,12,13,14);1H3,(H,3,4). The number of ether oxygens (including phenoxy) is 1. The number of hydrogen-bond acceptors (Lipinski definition) is 5. The van der Waals surface area contributed by atoms with Gasteiger partial charge in [-0.2, -0.15) is 0 Å². The highest BCUT2D eigenvalue weighted by Gasteiger charge is 2.21. The van der Waals surface area contributed by atoms with E-state index in [1.165, 1.54) is 0 Å². The average molecular weight is 294 g/mol. The fraction of sp³-hybridized carbons (Fsp3) is 0.154. The number of hydrogen-bond donors (Lipinski definition) is 3. The van der Waals surface area contributed by atoms with Gasteiger partial charge in [0.25, 0.3) is 11.9 Å². The molecule has 1 heterocycles. The van der Waals surface area contributed by atoms with Crippen molar-refractivity contribution in [3.63, 3.8) is 0 Å². The maximum atomic E-state index is 11.3. The number of aliphatic carboxylic acids is 1. The minimum Gasteiger partial charge on any atom is -0.497 e. The minimum atomic E-state index is -0.833. The number of methoxy groups -OCH3 is 1. The van der Waals surface area contributed by atoms with Gasteiger partial charge in [-0.3, -0.25) is 15.0 Å². The first-order chi connectivity index (χ1) is 9.42. The summed E-state index contributed by atoms with van der Waals surface area (Å²) in [5, 5.41) is 17.3. The van der Waals surface area contributed by atoms with Crippen LogP contribution in [0.15, 0.2) is 29.2 Å². The lowest BCUT2D eigenvalue weighted by molar-refractivity contribution is -0.134. The van der Waals surface area contributed by atoms with Crippen LogP contribution in [0.5, 0.6) is 5.75 Å². The number of nitrogens with one attached hydrogen (secondary N) is 2. The van der Waals surface area contributed by atoms with Crippen LogP contribution in [0.25, 0.3) is 6.08 Å². The van der Waals surface area contributed by atoms with Gasteiger partial charge < -0.3 is 15.2 Å². The molecule has 0 aromatic heterocycles. The van der Waals surface area contributed by atoms with Gasteiger partial charge in [0.15, 0.2) is 5.17 Å². The van der Waals surface area contributed by atoms with Gasteiger partial charge in [0, 0.05) is 6.92 Å². The van der Waals surface area contributed by atoms with Gasteiger partial charge in [-0.1, -0.05) is 12.1 Å². The Hall–Kier alpha value is -2.28. The summed E-state index contributed by atoms with van der Waals surface area (Å²) in [6.45, 7) is 1.08. The third-order valence-electron chi connectivity index (χ3n) is 2.08. The number of amides is 1. The van der Waals surface area contributed by atoms with Crippen LogP contribution >= 0.6 is 11.8 Å². The molecule has 1 saturated heterocycles. The Morgan fingerprint density at radius 3 is 2.35 bits per heavy atom. The minimum absolute atomic E-state index is 0.171. The van der Waals surface area contributed by atoms with E-state index in [9.17, 15) is 4.79 Å². The van der Waals surface area contributed by atoms with Gasteiger partial charge in [0.05, 0.1) is 12.0 Å². The second-order valence-corrected chi connectivity index (χ2v) is 4.74. The normalized spacial score (nSPS) is 15.4. The van der Waals surface area contributed by atoms with Crippen molar-refractivity contribution in [2.75, 3.05) is 7.11 Å². The SMILES string of the molecule is CC(=O)O.COc1ccc(C=C2SC(=N)NC2=O)cc1. The number of carbonyl (C=O) groups excluding carboxylic acids is 1. The van der Waals surface area contributed by atoms with E-state index in [0.29, 0.717) is 4.91 Å². The molecule has 2 rings (SSSR count). The first-order valence-electron chi connectivity index (χ1n) is 5.55. The number of carbonyl (C=O) groups is 2. The predicted octanol–water partition coefficient (Wildman–Crippen LogP) is 1.92. The third-order valence-corrected chi connectivity index (χ3v) is 2.91. The maximum Gasteiger partial charge on any atom is 0.300 e. The van der Waals surface area contributed by atoms with Crippen molar-refractivity contribution in [3.05, 3.63) is 34.7 Å². The van der Waals surface area contributed by atoms with Crippen molar-refractivity contribution in [2.24, 2.45) is 0 Å². The van der Waals surface area contributed by atoms with Crippen LogP contribution in [-0.2, 0) is 9.59 Å². The molecule has 0 bridgehead atoms. The molecule has 0 saturated carbocycles. The van der Waals surface area contributed by atoms with E-state index in [-0.39, 0.29) is 11.1 Å². The van der Waals surface area contributed by atoms with E-state index in [0.717, 1.165) is 30.0 Å². The van der Waals surface area contributed by atoms with E-state index in [1.54, 1.807) is 13.2 Å². The summed E-state index contributed by atoms with van der Waals surface area (Å²) in [7, 11) is 1.61. The summed E-state index contributed by atoms with van der Waals surface area (Å²) in [4.78, 5) is 20.9. The summed E-state index contributed by atoms with van der Waals surface area (Å²) in [5.74, 6) is -0.274. The van der Waals surface area contributed by atoms with Crippen LogP contribution in [0.4, 0.5) is 0 Å². The van der Waals surface area contributed by atoms with Crippen LogP contribution in [0.1, 0.15) is 12.5 Å². The quantitative estimate of drug-likeness (QED) is 0.724. The van der Waals surface area contributed by atoms with E-state index < -0.39 is 5.97 Å². The molecular formula is C13H14N2O4S. The predicted molar refractivity (Wildman–Crippen MR) is 77.7 cm³/mol. The van der Waals surface area contributed by atoms with E-state index in [1.807, 2.05) is 24.3 Å². The number of amidine groups is 1. The number of carboxylic acid groups (broad SMARTS) is 1. The zero-order valence-electron chi connectivity index (χ0n) is 11.0. The fourth-order valence-electron chi connectivity index (χ4n) is 1.29. The molecule has 6 nitrogen and oxygen atoms in total. The highest BCUT2D eigenvalue weighted by molar-refractivity contribution is 8.18. The van der Waals surface area contributed by atoms with Crippen LogP contribution in [0.3, 0.4) is 0 Å². The van der Waals surface area contributed by atoms with Crippen molar-refractivity contribution in [3.8, 4) is 5.75 Å². The van der Waals surface area contributed by atoms with Gasteiger partial charge in [0.1, 0.15) is 5.75 Å². The van der Waals surface area contributed by atoms with E-state index in [2.05, 4.69) is 5.32 Å². The topological polar surface area (TPSA) is 99.5 Å². The summed E-state index contributed by atoms with van der Waals surface area (Å²) >= 11 is 1.13. The first-order valence-corrected chi connectivity index (χ1v) is 6.37. The van der Waals surface area contributed by atoms with Gasteiger partial charge in [-0.15, -0.1) is 0 Å². The largest absolute Gasteiger partial charge is 0.497 e. The molecule has 20 heavy (non-hydrogen) atoms. The summed E-state index contributed by atoms with van der Waals surface area (Å²) in [6, 6.07) is 7.38. The number of carboxylic acids is 1. The lowest BCUT2D eigenvalue weighted by Crippen LogP contribution is -2.18. The van der Waals surface area contributed by atoms with Crippen molar-refractivity contribution in [2.45, 2.75) is 6.92 Å². The Morgan fingerprint density at radius 2 is 1.95 bits per heavy atom. The molecule has 0 aliphatic carbocycles. The van der Waals surface area contributed by atoms with Crippen molar-refractivity contribution >= 4 is 34.9 Å². The smallest absolute Gasteiger partial charge is 0.300 e. The Kier molecular flexibility index (Phi) is 5.79. The van der Waals surface area contributed by atoms with Crippen molar-refractivity contribution in [1.82, 2.24) is 5.32 Å². The highest BCUT2D eigenvalue weighted by atomic mass is 32.2. The third kappa shape index (κ3) is 5.15. The highest BCUT2D eigenvalue weighted by Crippen LogP contribution is 2.25. The fourth-order valence-corrected chi connectivity index (χ4v) is 2.00. The number of benzene rings is 1. The molecule has 0 atom stereocenters. The first kappa shape index (κ1) is 15.8. The van der Waals surface area contributed by atoms with Crippen LogP contribution in [-0.4, -0.2) is 29.3 Å². The Bertz CT molecular complexity index is 548. The molecule has 0 radical (unpaired) electrons. The lowest BCUT2D eigenvalue weighted by Gasteiger charge is -1.99. The van der Waals surface area contributed by atoms with Crippen LogP contribution in [0, 0.1) is 5.41 Å². The molecule has 1 aromatic rings. The molecule has 7 heteroatoms. The lowest BCUT2D eigenvalue weighted by atomic mass is 10.2. The van der Waals surface area contributed by atoms with Crippen molar-refractivity contribution < 1.29 is 19.4 Å². The number of thioether (sulfide) groups is 1. The monoisotopic (exact) mass is 294 g/mol. The molecule has 0 unspecified atom stereocenters. The van der Waals surface area contributed by atoms with E-state index in [4.69, 9.17) is 20.0 Å². The average Bonchev–Trinajstić information content (AvgIpc) is 2.68. The Morgan fingerprint density at radius 1 is 1.40 bits per heavy atom. The molecule has 1 fully saturated rings. The van der Waals surface area contributed by atoms with Crippen LogP contribution < -0.4 is 10.1 Å². The molecule has 3 N–H and O–H groups in total. The van der Waals surface area contributed by atoms with Gasteiger partial charge >= 0.3 is 0 Å². The summed E-state index contributed by atoms with van der Waals surface area (Å²) in [6.07, 6.45) is 1.75. The molecule has 1 aliphatic rings. The van der Waals surface area contributed by atoms with Crippen molar-refractivity contribution in [1.29, 1.82) is 5.41 Å². The van der Waals surface area contributed by atoms with Crippen LogP contribution in [0.2, 0.25) is 0 Å². The van der Waals surface area contributed by atoms with Gasteiger partial charge in [-0.25, -0.2) is 0 Å². The van der Waals surface area contributed by atoms with Gasteiger partial charge in [-0.05, 0) is 35.5 Å². The molecular weight excluding hydrogens is 280 g/mol. The summed E-state index contributed by atoms with van der Waals surface area (Å²) < 4.78 is 5.04. The van der Waals surface area contributed by atoms with E-state index >= 15 is 0 Å². The molecule has 1 aliphatic heterocycles. The molecule has 1 aromatic carbocycles. The Labute approximate surface area is 120 Å². The Balaban J connectivity index is 0.000000444. The molecule has 0 spiro atoms. The summed E-state index contributed by atoms with van der Waals surface area (Å²) in [5.41, 5.74) is 0.910. The zero-order valence-corrected chi connectivity index (χ0v) is 11.8. The molecule has 1 amide bonds. The zero-order chi connectivity index (χ0) is 15.1. The second-order valence-electron chi connectivity index (χ2n) is 3.69. The molecule has 106 valence electrons. The maximum absolute atomic E-state index is 11.3. The second kappa shape index (κ2) is 7.34.